The molecule has 4 nitrogen and oxygen atoms in total. The van der Waals surface area contributed by atoms with Crippen molar-refractivity contribution in [3.05, 3.63) is 221 Å². The molecule has 1 heterocycles. The molecule has 0 aliphatic heterocycles. The zero-order valence-corrected chi connectivity index (χ0v) is 34.5. The maximum absolute atomic E-state index is 10.8. The predicted molar refractivity (Wildman–Crippen MR) is 255 cm³/mol. The van der Waals surface area contributed by atoms with Gasteiger partial charge in [-0.2, -0.15) is 0 Å². The molecule has 0 amide bonds. The molecule has 10 aromatic rings. The minimum absolute atomic E-state index is 0.217. The van der Waals surface area contributed by atoms with Crippen molar-refractivity contribution < 1.29 is 10.2 Å². The molecule has 62 heavy (non-hydrogen) atoms. The molecule has 0 fully saturated rings. The van der Waals surface area contributed by atoms with Gasteiger partial charge in [0.15, 0.2) is 0 Å². The van der Waals surface area contributed by atoms with Crippen LogP contribution in [0, 0.1) is 0 Å². The number of hydrogen-bond acceptors (Lipinski definition) is 3. The van der Waals surface area contributed by atoms with Crippen molar-refractivity contribution in [2.45, 2.75) is 31.1 Å². The van der Waals surface area contributed by atoms with Crippen LogP contribution in [-0.2, 0) is 25.3 Å². The quantitative estimate of drug-likeness (QED) is 0.176. The van der Waals surface area contributed by atoms with Crippen LogP contribution in [0.25, 0.3) is 54.8 Å². The average molecular weight is 801 g/mol. The molecule has 0 spiro atoms. The second-order valence-corrected chi connectivity index (χ2v) is 17.1. The van der Waals surface area contributed by atoms with Crippen LogP contribution < -0.4 is 4.90 Å². The summed E-state index contributed by atoms with van der Waals surface area (Å²) in [4.78, 5) is 2.42. The van der Waals surface area contributed by atoms with Crippen LogP contribution in [-0.4, -0.2) is 14.8 Å². The molecule has 298 valence electrons. The molecule has 2 aliphatic rings. The lowest BCUT2D eigenvalue weighted by Crippen LogP contribution is -2.29. The van der Waals surface area contributed by atoms with E-state index in [9.17, 15) is 10.2 Å². The summed E-state index contributed by atoms with van der Waals surface area (Å²) >= 11 is 0. The third-order valence-corrected chi connectivity index (χ3v) is 13.8. The second-order valence-electron chi connectivity index (χ2n) is 17.1. The van der Waals surface area contributed by atoms with Crippen molar-refractivity contribution in [1.82, 2.24) is 4.57 Å². The number of aromatic nitrogens is 1. The molecule has 4 heteroatoms. The summed E-state index contributed by atoms with van der Waals surface area (Å²) in [5.41, 5.74) is 16.8. The van der Waals surface area contributed by atoms with Crippen molar-refractivity contribution >= 4 is 49.6 Å². The highest BCUT2D eigenvalue weighted by Gasteiger charge is 2.48. The molecule has 0 unspecified atom stereocenters. The molecule has 12 rings (SSSR count). The van der Waals surface area contributed by atoms with Gasteiger partial charge in [0.05, 0.1) is 16.6 Å². The lowest BCUT2D eigenvalue weighted by Gasteiger charge is -2.35. The summed E-state index contributed by atoms with van der Waals surface area (Å²) in [6.07, 6.45) is 4.74. The van der Waals surface area contributed by atoms with E-state index in [4.69, 9.17) is 0 Å². The van der Waals surface area contributed by atoms with Gasteiger partial charge in [0, 0.05) is 40.1 Å². The first kappa shape index (κ1) is 36.3. The fraction of sp³-hybridized carbons (Fsp3) is 0.103. The number of phenolic OH excluding ortho intramolecular Hbond substituents is 2. The van der Waals surface area contributed by atoms with Gasteiger partial charge in [0.2, 0.25) is 0 Å². The largest absolute Gasteiger partial charge is 0.508 e. The highest BCUT2D eigenvalue weighted by molar-refractivity contribution is 6.13. The van der Waals surface area contributed by atoms with Crippen LogP contribution in [0.15, 0.2) is 188 Å². The Bertz CT molecular complexity index is 3340. The van der Waals surface area contributed by atoms with E-state index in [1.807, 2.05) is 0 Å². The van der Waals surface area contributed by atoms with Crippen LogP contribution in [0.1, 0.15) is 46.2 Å². The van der Waals surface area contributed by atoms with Crippen LogP contribution in [0.3, 0.4) is 0 Å². The summed E-state index contributed by atoms with van der Waals surface area (Å²) in [5.74, 6) is 0.433. The Kier molecular flexibility index (Phi) is 8.20. The van der Waals surface area contributed by atoms with Crippen molar-refractivity contribution in [2.75, 3.05) is 4.90 Å². The van der Waals surface area contributed by atoms with Gasteiger partial charge >= 0.3 is 0 Å². The number of hydrogen-bond donors (Lipinski definition) is 2. The molecule has 0 saturated carbocycles. The number of aromatic hydroxyl groups is 2. The molecule has 0 radical (unpaired) electrons. The lowest BCUT2D eigenvalue weighted by atomic mass is 9.67. The third kappa shape index (κ3) is 5.39. The van der Waals surface area contributed by atoms with E-state index in [-0.39, 0.29) is 11.5 Å². The van der Waals surface area contributed by atoms with Crippen LogP contribution in [0.2, 0.25) is 0 Å². The van der Waals surface area contributed by atoms with E-state index < -0.39 is 5.41 Å². The van der Waals surface area contributed by atoms with Gasteiger partial charge in [0.25, 0.3) is 0 Å². The Morgan fingerprint density at radius 1 is 0.468 bits per heavy atom. The zero-order valence-electron chi connectivity index (χ0n) is 34.5. The van der Waals surface area contributed by atoms with Gasteiger partial charge in [-0.15, -0.1) is 0 Å². The molecule has 0 saturated heterocycles. The van der Waals surface area contributed by atoms with E-state index >= 15 is 0 Å². The number of rotatable bonds is 6. The first-order chi connectivity index (χ1) is 30.5. The number of phenols is 2. The van der Waals surface area contributed by atoms with E-state index in [2.05, 4.69) is 180 Å². The Labute approximate surface area is 361 Å². The summed E-state index contributed by atoms with van der Waals surface area (Å²) in [6.45, 7) is 0. The third-order valence-electron chi connectivity index (χ3n) is 13.8. The second kappa shape index (κ2) is 14.0. The number of aryl methyl sites for hydroxylation is 3. The summed E-state index contributed by atoms with van der Waals surface area (Å²) in [6, 6.07) is 67.1. The monoisotopic (exact) mass is 800 g/mol. The molecule has 0 bridgehead atoms. The highest BCUT2D eigenvalue weighted by Crippen LogP contribution is 2.60. The van der Waals surface area contributed by atoms with Crippen molar-refractivity contribution in [3.8, 4) is 33.8 Å². The molecule has 0 atom stereocenters. The Morgan fingerprint density at radius 2 is 1.08 bits per heavy atom. The van der Waals surface area contributed by atoms with Crippen molar-refractivity contribution in [3.63, 3.8) is 0 Å². The van der Waals surface area contributed by atoms with Gasteiger partial charge in [-0.1, -0.05) is 121 Å². The smallest absolute Gasteiger partial charge is 0.115 e. The summed E-state index contributed by atoms with van der Waals surface area (Å²) < 4.78 is 2.30. The minimum atomic E-state index is -0.822. The standard InChI is InChI=1S/C58H44N2O2/c1-59-54-18-10-9-15-47(54)49-32-26-44(35-55(49)59)60(43-13-3-2-4-14-43)56-36-53-57(50-17-8-7-16-48(50)56)51-31-21-40(39-20-19-37-11-5-6-12-38(37)33-39)34-52(51)58(53,41-22-27-45(61)28-23-41)42-24-29-46(62)30-25-42/h2-4,7-10,13-36,61-62H,5-6,11-12H2,1H3. The van der Waals surface area contributed by atoms with Gasteiger partial charge in [-0.25, -0.2) is 0 Å². The van der Waals surface area contributed by atoms with Crippen LogP contribution in [0.5, 0.6) is 11.5 Å². The van der Waals surface area contributed by atoms with Crippen LogP contribution in [0.4, 0.5) is 17.1 Å². The van der Waals surface area contributed by atoms with Crippen molar-refractivity contribution in [1.29, 1.82) is 0 Å². The molecule has 9 aromatic carbocycles. The van der Waals surface area contributed by atoms with E-state index in [0.717, 1.165) is 57.4 Å². The van der Waals surface area contributed by atoms with Gasteiger partial charge in [0.1, 0.15) is 11.5 Å². The molecule has 2 N–H and O–H groups in total. The average Bonchev–Trinajstić information content (AvgIpc) is 3.78. The first-order valence-corrected chi connectivity index (χ1v) is 21.7. The number of anilines is 3. The number of nitrogens with zero attached hydrogens (tertiary/aromatic N) is 2. The molecular weight excluding hydrogens is 757 g/mol. The van der Waals surface area contributed by atoms with Gasteiger partial charge < -0.3 is 19.7 Å². The number of fused-ring (bicyclic) bond motifs is 9. The van der Waals surface area contributed by atoms with E-state index in [0.29, 0.717) is 0 Å². The summed E-state index contributed by atoms with van der Waals surface area (Å²) in [5, 5.41) is 26.3. The van der Waals surface area contributed by atoms with Gasteiger partial charge in [-0.05, 0) is 153 Å². The number of para-hydroxylation sites is 2. The predicted octanol–water partition coefficient (Wildman–Crippen LogP) is 14.3. The topological polar surface area (TPSA) is 48.6 Å². The first-order valence-electron chi connectivity index (χ1n) is 21.7. The Morgan fingerprint density at radius 3 is 1.82 bits per heavy atom. The normalized spacial score (nSPS) is 13.9. The van der Waals surface area contributed by atoms with Crippen LogP contribution >= 0.6 is 0 Å². The maximum atomic E-state index is 10.8. The maximum Gasteiger partial charge on any atom is 0.115 e. The highest BCUT2D eigenvalue weighted by atomic mass is 16.3. The Balaban J connectivity index is 1.18. The Hall–Kier alpha value is -7.56. The zero-order chi connectivity index (χ0) is 41.5. The summed E-state index contributed by atoms with van der Waals surface area (Å²) in [7, 11) is 2.16. The fourth-order valence-electron chi connectivity index (χ4n) is 10.9. The van der Waals surface area contributed by atoms with Gasteiger partial charge in [-0.3, -0.25) is 0 Å². The van der Waals surface area contributed by atoms with Crippen molar-refractivity contribution in [2.24, 2.45) is 7.05 Å². The van der Waals surface area contributed by atoms with E-state index in [1.165, 1.54) is 73.6 Å². The molecule has 2 aliphatic carbocycles. The number of benzene rings is 9. The molecular formula is C58H44N2O2. The SMILES string of the molecule is Cn1c2ccccc2c2ccc(N(c3ccccc3)c3cc4c(c5ccccc35)-c3ccc(-c5ccc6c(c5)CCCC6)cc3C4(c3ccc(O)cc3)c3ccc(O)cc3)cc21. The van der Waals surface area contributed by atoms with E-state index in [1.54, 1.807) is 24.3 Å². The fourth-order valence-corrected chi connectivity index (χ4v) is 10.9. The molecule has 1 aromatic heterocycles. The minimum Gasteiger partial charge on any atom is -0.508 e. The lowest BCUT2D eigenvalue weighted by molar-refractivity contribution is 0.474.